The van der Waals surface area contributed by atoms with E-state index in [2.05, 4.69) is 26.1 Å². The van der Waals surface area contributed by atoms with Crippen molar-refractivity contribution in [3.05, 3.63) is 22.2 Å². The van der Waals surface area contributed by atoms with E-state index >= 15 is 0 Å². The third-order valence-electron chi connectivity index (χ3n) is 3.77. The normalized spacial score (nSPS) is 20.7. The van der Waals surface area contributed by atoms with E-state index in [1.165, 1.54) is 0 Å². The molecule has 0 bridgehead atoms. The molecule has 0 amide bonds. The van der Waals surface area contributed by atoms with Gasteiger partial charge in [-0.1, -0.05) is 0 Å². The zero-order chi connectivity index (χ0) is 13.9. The highest BCUT2D eigenvalue weighted by molar-refractivity contribution is 9.10. The molecule has 1 atom stereocenters. The fourth-order valence-electron chi connectivity index (χ4n) is 2.75. The van der Waals surface area contributed by atoms with Gasteiger partial charge in [-0.2, -0.15) is 0 Å². The highest BCUT2D eigenvalue weighted by atomic mass is 79.9. The molecule has 2 N–H and O–H groups in total. The van der Waals surface area contributed by atoms with Crippen LogP contribution in [0.25, 0.3) is 0 Å². The third-order valence-corrected chi connectivity index (χ3v) is 4.36. The highest BCUT2D eigenvalue weighted by Crippen LogP contribution is 2.40. The quantitative estimate of drug-likeness (QED) is 0.863. The van der Waals surface area contributed by atoms with Gasteiger partial charge in [0.2, 0.25) is 0 Å². The molecule has 0 aromatic heterocycles. The molecule has 2 aliphatic rings. The molecule has 5 nitrogen and oxygen atoms in total. The molecule has 0 saturated carbocycles. The van der Waals surface area contributed by atoms with Gasteiger partial charge in [0.05, 0.1) is 17.1 Å². The van der Waals surface area contributed by atoms with Crippen molar-refractivity contribution in [3.63, 3.8) is 0 Å². The van der Waals surface area contributed by atoms with E-state index in [0.29, 0.717) is 13.2 Å². The van der Waals surface area contributed by atoms with E-state index in [1.54, 1.807) is 0 Å². The maximum Gasteiger partial charge on any atom is 0.175 e. The topological polar surface area (TPSA) is 54.0 Å². The summed E-state index contributed by atoms with van der Waals surface area (Å²) in [6, 6.07) is 4.02. The zero-order valence-corrected chi connectivity index (χ0v) is 12.9. The van der Waals surface area contributed by atoms with E-state index in [9.17, 15) is 5.11 Å². The first-order valence-corrected chi connectivity index (χ1v) is 7.73. The first kappa shape index (κ1) is 14.1. The summed E-state index contributed by atoms with van der Waals surface area (Å²) >= 11 is 3.54. The van der Waals surface area contributed by atoms with E-state index < -0.39 is 0 Å². The van der Waals surface area contributed by atoms with Crippen LogP contribution in [-0.4, -0.2) is 56.0 Å². The van der Waals surface area contributed by atoms with Crippen molar-refractivity contribution in [2.45, 2.75) is 6.04 Å². The largest absolute Gasteiger partial charge is 0.486 e. The number of nitrogens with zero attached hydrogens (tertiary/aromatic N) is 1. The van der Waals surface area contributed by atoms with E-state index in [1.807, 2.05) is 12.1 Å². The molecular formula is C14H19BrN2O3. The van der Waals surface area contributed by atoms with Gasteiger partial charge in [-0.05, 0) is 33.6 Å². The van der Waals surface area contributed by atoms with Crippen LogP contribution >= 0.6 is 15.9 Å². The van der Waals surface area contributed by atoms with E-state index in [-0.39, 0.29) is 12.6 Å². The number of rotatable bonds is 3. The lowest BCUT2D eigenvalue weighted by atomic mass is 10.0. The molecule has 110 valence electrons. The molecule has 1 aromatic rings. The van der Waals surface area contributed by atoms with Gasteiger partial charge in [-0.25, -0.2) is 0 Å². The van der Waals surface area contributed by atoms with E-state index in [0.717, 1.165) is 47.7 Å². The first-order chi connectivity index (χ1) is 9.79. The molecule has 2 aliphatic heterocycles. The maximum atomic E-state index is 9.78. The van der Waals surface area contributed by atoms with Crippen molar-refractivity contribution in [3.8, 4) is 11.5 Å². The van der Waals surface area contributed by atoms with Crippen molar-refractivity contribution < 1.29 is 14.6 Å². The predicted molar refractivity (Wildman–Crippen MR) is 79.4 cm³/mol. The molecule has 20 heavy (non-hydrogen) atoms. The average Bonchev–Trinajstić information content (AvgIpc) is 2.49. The number of benzene rings is 1. The number of ether oxygens (including phenoxy) is 2. The summed E-state index contributed by atoms with van der Waals surface area (Å²) < 4.78 is 12.2. The molecule has 1 fully saturated rings. The number of piperazine rings is 1. The van der Waals surface area contributed by atoms with Gasteiger partial charge in [0.25, 0.3) is 0 Å². The van der Waals surface area contributed by atoms with Crippen molar-refractivity contribution in [1.82, 2.24) is 10.2 Å². The summed E-state index contributed by atoms with van der Waals surface area (Å²) in [6.45, 7) is 5.05. The molecule has 1 aromatic carbocycles. The van der Waals surface area contributed by atoms with Crippen molar-refractivity contribution in [2.24, 2.45) is 0 Å². The summed E-state index contributed by atoms with van der Waals surface area (Å²) in [5, 5.41) is 13.1. The van der Waals surface area contributed by atoms with Crippen LogP contribution in [0, 0.1) is 0 Å². The lowest BCUT2D eigenvalue weighted by molar-refractivity contribution is 0.110. The van der Waals surface area contributed by atoms with Crippen LogP contribution in [0.3, 0.4) is 0 Å². The average molecular weight is 343 g/mol. The van der Waals surface area contributed by atoms with Crippen LogP contribution in [0.1, 0.15) is 11.6 Å². The maximum absolute atomic E-state index is 9.78. The molecule has 1 unspecified atom stereocenters. The Hall–Kier alpha value is -0.820. The van der Waals surface area contributed by atoms with E-state index in [4.69, 9.17) is 9.47 Å². The third kappa shape index (κ3) is 2.79. The van der Waals surface area contributed by atoms with Crippen LogP contribution < -0.4 is 14.8 Å². The number of hydrogen-bond acceptors (Lipinski definition) is 5. The van der Waals surface area contributed by atoms with Gasteiger partial charge < -0.3 is 19.9 Å². The standard InChI is InChI=1S/C14H19BrN2O3/c15-11-7-10(8-13-14(11)20-6-5-19-13)12(9-18)17-3-1-16-2-4-17/h7-8,12,16,18H,1-6,9H2. The molecule has 3 rings (SSSR count). The van der Waals surface area contributed by atoms with Crippen molar-refractivity contribution in [2.75, 3.05) is 46.0 Å². The minimum absolute atomic E-state index is 0.00391. The Morgan fingerprint density at radius 3 is 2.75 bits per heavy atom. The van der Waals surface area contributed by atoms with Gasteiger partial charge in [0.1, 0.15) is 13.2 Å². The summed E-state index contributed by atoms with van der Waals surface area (Å²) in [4.78, 5) is 2.30. The second-order valence-electron chi connectivity index (χ2n) is 5.01. The zero-order valence-electron chi connectivity index (χ0n) is 11.3. The molecule has 1 saturated heterocycles. The Morgan fingerprint density at radius 2 is 2.00 bits per heavy atom. The monoisotopic (exact) mass is 342 g/mol. The molecule has 2 heterocycles. The SMILES string of the molecule is OCC(c1cc(Br)c2c(c1)OCCO2)N1CCNCC1. The van der Waals surface area contributed by atoms with Gasteiger partial charge in [-0.3, -0.25) is 4.90 Å². The molecular weight excluding hydrogens is 324 g/mol. The first-order valence-electron chi connectivity index (χ1n) is 6.94. The van der Waals surface area contributed by atoms with Crippen LogP contribution in [0.4, 0.5) is 0 Å². The van der Waals surface area contributed by atoms with Gasteiger partial charge in [-0.15, -0.1) is 0 Å². The highest BCUT2D eigenvalue weighted by Gasteiger charge is 2.25. The Morgan fingerprint density at radius 1 is 1.25 bits per heavy atom. The van der Waals surface area contributed by atoms with Crippen LogP contribution in [0.5, 0.6) is 11.5 Å². The van der Waals surface area contributed by atoms with Crippen LogP contribution in [0.15, 0.2) is 16.6 Å². The second-order valence-corrected chi connectivity index (χ2v) is 5.87. The van der Waals surface area contributed by atoms with Gasteiger partial charge in [0.15, 0.2) is 11.5 Å². The number of hydrogen-bond donors (Lipinski definition) is 2. The fourth-order valence-corrected chi connectivity index (χ4v) is 3.32. The predicted octanol–water partition coefficient (Wildman–Crippen LogP) is 1.16. The number of fused-ring (bicyclic) bond motifs is 1. The number of halogens is 1. The lowest BCUT2D eigenvalue weighted by Crippen LogP contribution is -2.46. The van der Waals surface area contributed by atoms with Crippen molar-refractivity contribution >= 4 is 15.9 Å². The lowest BCUT2D eigenvalue weighted by Gasteiger charge is -2.34. The molecule has 6 heteroatoms. The number of aliphatic hydroxyl groups is 1. The molecule has 0 radical (unpaired) electrons. The number of nitrogens with one attached hydrogen (secondary N) is 1. The van der Waals surface area contributed by atoms with Gasteiger partial charge >= 0.3 is 0 Å². The summed E-state index contributed by atoms with van der Waals surface area (Å²) in [7, 11) is 0. The van der Waals surface area contributed by atoms with Crippen molar-refractivity contribution in [1.29, 1.82) is 0 Å². The minimum atomic E-state index is 0.00391. The van der Waals surface area contributed by atoms with Gasteiger partial charge in [0, 0.05) is 26.2 Å². The summed E-state index contributed by atoms with van der Waals surface area (Å²) in [5.41, 5.74) is 1.06. The summed E-state index contributed by atoms with van der Waals surface area (Å²) in [5.74, 6) is 1.52. The fraction of sp³-hybridized carbons (Fsp3) is 0.571. The van der Waals surface area contributed by atoms with Crippen LogP contribution in [-0.2, 0) is 0 Å². The second kappa shape index (κ2) is 6.30. The smallest absolute Gasteiger partial charge is 0.175 e. The number of aliphatic hydroxyl groups excluding tert-OH is 1. The molecule has 0 aliphatic carbocycles. The Labute approximate surface area is 127 Å². The van der Waals surface area contributed by atoms with Crippen LogP contribution in [0.2, 0.25) is 0 Å². The Kier molecular flexibility index (Phi) is 4.45. The summed E-state index contributed by atoms with van der Waals surface area (Å²) in [6.07, 6.45) is 0. The molecule has 0 spiro atoms. The minimum Gasteiger partial charge on any atom is -0.486 e. The Bertz CT molecular complexity index is 478. The Balaban J connectivity index is 1.89.